The normalized spacial score (nSPS) is 12.3. The molecule has 4 aromatic rings. The molecule has 0 saturated carbocycles. The number of aromatic nitrogens is 3. The quantitative estimate of drug-likeness (QED) is 0.0770. The second-order valence-corrected chi connectivity index (χ2v) is 12.1. The molecule has 10 nitrogen and oxygen atoms in total. The highest BCUT2D eigenvalue weighted by atomic mass is 16.5. The fourth-order valence-corrected chi connectivity index (χ4v) is 5.30. The van der Waals surface area contributed by atoms with E-state index in [0.717, 1.165) is 51.4 Å². The molecule has 0 aliphatic heterocycles. The van der Waals surface area contributed by atoms with Gasteiger partial charge in [-0.3, -0.25) is 0 Å². The summed E-state index contributed by atoms with van der Waals surface area (Å²) >= 11 is 0. The van der Waals surface area contributed by atoms with E-state index in [-0.39, 0.29) is 34.7 Å². The Kier molecular flexibility index (Phi) is 13.4. The summed E-state index contributed by atoms with van der Waals surface area (Å²) < 4.78 is 12.1. The average Bonchev–Trinajstić information content (AvgIpc) is 3.08. The number of rotatable bonds is 19. The molecule has 4 N–H and O–H groups in total. The molecule has 0 amide bonds. The molecule has 1 aromatic heterocycles. The third-order valence-electron chi connectivity index (χ3n) is 8.50. The third-order valence-corrected chi connectivity index (χ3v) is 8.50. The summed E-state index contributed by atoms with van der Waals surface area (Å²) in [7, 11) is 0. The number of hydrogen-bond donors (Lipinski definition) is 4. The largest absolute Gasteiger partial charge is 0.507 e. The number of nitrogens with zero attached hydrogens (tertiary/aromatic N) is 3. The first-order valence-corrected chi connectivity index (χ1v) is 17.0. The molecular weight excluding hydrogens is 608 g/mol. The number of carbonyl (C=O) groups is 1. The van der Waals surface area contributed by atoms with E-state index in [1.54, 1.807) is 48.5 Å². The van der Waals surface area contributed by atoms with Gasteiger partial charge in [-0.25, -0.2) is 9.78 Å². The number of anilines is 2. The zero-order chi connectivity index (χ0) is 34.5. The maximum Gasteiger partial charge on any atom is 0.335 e. The van der Waals surface area contributed by atoms with E-state index < -0.39 is 5.97 Å². The van der Waals surface area contributed by atoms with Gasteiger partial charge in [-0.05, 0) is 73.2 Å². The van der Waals surface area contributed by atoms with Gasteiger partial charge in [0.15, 0.2) is 11.6 Å². The summed E-state index contributed by atoms with van der Waals surface area (Å²) in [6, 6.07) is 16.2. The Balaban J connectivity index is 1.64. The van der Waals surface area contributed by atoms with Crippen molar-refractivity contribution in [2.75, 3.05) is 18.5 Å². The molecule has 0 radical (unpaired) electrons. The van der Waals surface area contributed by atoms with Gasteiger partial charge in [0.2, 0.25) is 5.95 Å². The van der Waals surface area contributed by atoms with Crippen molar-refractivity contribution in [2.24, 2.45) is 11.8 Å². The van der Waals surface area contributed by atoms with Crippen LogP contribution in [-0.2, 0) is 0 Å². The summed E-state index contributed by atoms with van der Waals surface area (Å²) in [6.45, 7) is 9.80. The SMILES string of the molecule is CCCCC(CC)COc1ccc(-c2nc(Nc3ccc(C(=O)O)cc3)nc(-c3ccc(OCC(CC)CCCC)cc3O)n2)c(O)c1. The number of aromatic hydroxyl groups is 2. The number of unbranched alkanes of at least 4 members (excludes halogenated alkanes) is 2. The van der Waals surface area contributed by atoms with Crippen molar-refractivity contribution in [1.29, 1.82) is 0 Å². The Morgan fingerprint density at radius 2 is 1.19 bits per heavy atom. The number of phenols is 2. The van der Waals surface area contributed by atoms with E-state index in [9.17, 15) is 20.1 Å². The molecule has 0 fully saturated rings. The fraction of sp³-hybridized carbons (Fsp3) is 0.421. The van der Waals surface area contributed by atoms with Crippen LogP contribution >= 0.6 is 0 Å². The first-order valence-electron chi connectivity index (χ1n) is 17.0. The van der Waals surface area contributed by atoms with Gasteiger partial charge in [0, 0.05) is 17.8 Å². The van der Waals surface area contributed by atoms with Crippen LogP contribution in [0, 0.1) is 11.8 Å². The van der Waals surface area contributed by atoms with E-state index in [2.05, 4.69) is 48.0 Å². The van der Waals surface area contributed by atoms with Crippen molar-refractivity contribution in [3.05, 3.63) is 66.2 Å². The second kappa shape index (κ2) is 17.9. The molecule has 10 heteroatoms. The van der Waals surface area contributed by atoms with Crippen LogP contribution in [-0.4, -0.2) is 49.5 Å². The van der Waals surface area contributed by atoms with Crippen LogP contribution in [0.4, 0.5) is 11.6 Å². The fourth-order valence-electron chi connectivity index (χ4n) is 5.30. The van der Waals surface area contributed by atoms with Crippen LogP contribution in [0.5, 0.6) is 23.0 Å². The molecule has 4 rings (SSSR count). The summed E-state index contributed by atoms with van der Waals surface area (Å²) in [6.07, 6.45) is 8.80. The molecule has 1 heterocycles. The van der Waals surface area contributed by atoms with Crippen LogP contribution < -0.4 is 14.8 Å². The lowest BCUT2D eigenvalue weighted by atomic mass is 10.0. The van der Waals surface area contributed by atoms with Crippen molar-refractivity contribution in [3.63, 3.8) is 0 Å². The maximum atomic E-state index is 11.3. The number of carboxylic acid groups (broad SMARTS) is 1. The standard InChI is InChI=1S/C38H48N4O6/c1-5-9-11-25(7-3)23-47-29-17-19-31(33(43)21-29)35-40-36(42-38(41-35)39-28-15-13-27(14-16-28)37(45)46)32-20-18-30(22-34(32)44)48-24-26(8-4)12-10-6-2/h13-22,25-26,43-44H,5-12,23-24H2,1-4H3,(H,45,46)(H,39,40,41,42). The van der Waals surface area contributed by atoms with Gasteiger partial charge in [-0.1, -0.05) is 66.2 Å². The van der Waals surface area contributed by atoms with E-state index in [1.165, 1.54) is 12.1 Å². The molecule has 2 atom stereocenters. The molecule has 0 aliphatic rings. The predicted molar refractivity (Wildman–Crippen MR) is 188 cm³/mol. The summed E-state index contributed by atoms with van der Waals surface area (Å²) in [5, 5.41) is 34.5. The van der Waals surface area contributed by atoms with E-state index in [1.807, 2.05) is 0 Å². The van der Waals surface area contributed by atoms with Gasteiger partial charge in [0.05, 0.1) is 29.9 Å². The second-order valence-electron chi connectivity index (χ2n) is 12.1. The highest BCUT2D eigenvalue weighted by Gasteiger charge is 2.18. The molecule has 3 aromatic carbocycles. The molecule has 0 aliphatic carbocycles. The summed E-state index contributed by atoms with van der Waals surface area (Å²) in [4.78, 5) is 25.1. The smallest absolute Gasteiger partial charge is 0.335 e. The first kappa shape index (κ1) is 36.0. The zero-order valence-electron chi connectivity index (χ0n) is 28.4. The number of benzene rings is 3. The van der Waals surface area contributed by atoms with Crippen molar-refractivity contribution in [1.82, 2.24) is 15.0 Å². The number of ether oxygens (including phenoxy) is 2. The Labute approximate surface area is 283 Å². The van der Waals surface area contributed by atoms with E-state index >= 15 is 0 Å². The van der Waals surface area contributed by atoms with Gasteiger partial charge in [0.1, 0.15) is 23.0 Å². The average molecular weight is 657 g/mol. The Hall–Kier alpha value is -4.86. The minimum Gasteiger partial charge on any atom is -0.507 e. The lowest BCUT2D eigenvalue weighted by Crippen LogP contribution is -2.11. The van der Waals surface area contributed by atoms with Crippen molar-refractivity contribution >= 4 is 17.6 Å². The third kappa shape index (κ3) is 10.1. The number of hydrogen-bond acceptors (Lipinski definition) is 9. The van der Waals surface area contributed by atoms with Gasteiger partial charge >= 0.3 is 5.97 Å². The number of phenolic OH excluding ortho intramolecular Hbond substituents is 2. The van der Waals surface area contributed by atoms with Crippen molar-refractivity contribution in [2.45, 2.75) is 79.1 Å². The Morgan fingerprint density at radius 1 is 0.708 bits per heavy atom. The molecular formula is C38H48N4O6. The molecule has 0 spiro atoms. The number of aromatic carboxylic acids is 1. The van der Waals surface area contributed by atoms with Gasteiger partial charge in [-0.2, -0.15) is 9.97 Å². The van der Waals surface area contributed by atoms with Crippen LogP contribution in [0.1, 0.15) is 89.4 Å². The van der Waals surface area contributed by atoms with Crippen molar-refractivity contribution in [3.8, 4) is 45.8 Å². The maximum absolute atomic E-state index is 11.3. The van der Waals surface area contributed by atoms with Crippen LogP contribution in [0.2, 0.25) is 0 Å². The van der Waals surface area contributed by atoms with Gasteiger partial charge in [-0.15, -0.1) is 0 Å². The van der Waals surface area contributed by atoms with Crippen LogP contribution in [0.3, 0.4) is 0 Å². The van der Waals surface area contributed by atoms with Gasteiger partial charge < -0.3 is 30.1 Å². The van der Waals surface area contributed by atoms with Crippen molar-refractivity contribution < 1.29 is 29.6 Å². The minimum absolute atomic E-state index is 0.0652. The van der Waals surface area contributed by atoms with Crippen LogP contribution in [0.15, 0.2) is 60.7 Å². The van der Waals surface area contributed by atoms with E-state index in [4.69, 9.17) is 9.47 Å². The number of nitrogens with one attached hydrogen (secondary N) is 1. The highest BCUT2D eigenvalue weighted by Crippen LogP contribution is 2.36. The minimum atomic E-state index is -1.03. The Bertz CT molecular complexity index is 1540. The van der Waals surface area contributed by atoms with Gasteiger partial charge in [0.25, 0.3) is 0 Å². The van der Waals surface area contributed by atoms with E-state index in [0.29, 0.717) is 53.4 Å². The Morgan fingerprint density at radius 3 is 1.58 bits per heavy atom. The summed E-state index contributed by atoms with van der Waals surface area (Å²) in [5.74, 6) is 1.29. The number of carboxylic acids is 1. The first-order chi connectivity index (χ1) is 23.2. The highest BCUT2D eigenvalue weighted by molar-refractivity contribution is 5.88. The summed E-state index contributed by atoms with van der Waals surface area (Å²) in [5.41, 5.74) is 1.39. The molecule has 0 bridgehead atoms. The molecule has 2 unspecified atom stereocenters. The zero-order valence-corrected chi connectivity index (χ0v) is 28.4. The van der Waals surface area contributed by atoms with Crippen LogP contribution in [0.25, 0.3) is 22.8 Å². The predicted octanol–water partition coefficient (Wildman–Crippen LogP) is 9.25. The topological polar surface area (TPSA) is 147 Å². The lowest BCUT2D eigenvalue weighted by Gasteiger charge is -2.17. The molecule has 256 valence electrons. The molecule has 48 heavy (non-hydrogen) atoms. The molecule has 0 saturated heterocycles. The lowest BCUT2D eigenvalue weighted by molar-refractivity contribution is 0.0697. The monoisotopic (exact) mass is 656 g/mol.